The molecule has 1 fully saturated rings. The number of aromatic carboxylic acids is 1. The van der Waals surface area contributed by atoms with E-state index in [1.54, 1.807) is 31.5 Å². The quantitative estimate of drug-likeness (QED) is 0.537. The van der Waals surface area contributed by atoms with Gasteiger partial charge in [0.1, 0.15) is 17.6 Å². The molecular formula is C23H23N3O4S. The summed E-state index contributed by atoms with van der Waals surface area (Å²) in [7, 11) is 1.66. The van der Waals surface area contributed by atoms with Gasteiger partial charge in [-0.25, -0.2) is 4.79 Å². The smallest absolute Gasteiger partial charge is 0.335 e. The number of aryl methyl sites for hydroxylation is 1. The maximum Gasteiger partial charge on any atom is 0.335 e. The van der Waals surface area contributed by atoms with Gasteiger partial charge in [0.25, 0.3) is 0 Å². The molecule has 1 aromatic carbocycles. The number of rotatable bonds is 7. The molecule has 31 heavy (non-hydrogen) atoms. The number of hydrogen-bond acceptors (Lipinski definition) is 5. The first-order valence-electron chi connectivity index (χ1n) is 9.90. The average molecular weight is 438 g/mol. The molecule has 3 heterocycles. The molecule has 2 atom stereocenters. The summed E-state index contributed by atoms with van der Waals surface area (Å²) in [6.07, 6.45) is 1.76. The fourth-order valence-electron chi connectivity index (χ4n) is 3.87. The Morgan fingerprint density at radius 3 is 2.81 bits per heavy atom. The van der Waals surface area contributed by atoms with Crippen LogP contribution in [0.1, 0.15) is 39.5 Å². The van der Waals surface area contributed by atoms with Gasteiger partial charge in [-0.15, -0.1) is 0 Å². The number of thiocarbonyl (C=S) groups is 1. The molecule has 0 aliphatic carbocycles. The van der Waals surface area contributed by atoms with Crippen LogP contribution >= 0.6 is 12.2 Å². The first kappa shape index (κ1) is 21.0. The second kappa shape index (κ2) is 8.87. The molecule has 0 bridgehead atoms. The Balaban J connectivity index is 1.71. The fourth-order valence-corrected chi connectivity index (χ4v) is 4.21. The zero-order valence-electron chi connectivity index (χ0n) is 17.2. The van der Waals surface area contributed by atoms with Gasteiger partial charge in [0.15, 0.2) is 5.11 Å². The highest BCUT2D eigenvalue weighted by atomic mass is 32.1. The maximum absolute atomic E-state index is 11.2. The van der Waals surface area contributed by atoms with Crippen LogP contribution in [0.15, 0.2) is 59.1 Å². The highest BCUT2D eigenvalue weighted by Crippen LogP contribution is 2.40. The summed E-state index contributed by atoms with van der Waals surface area (Å²) >= 11 is 5.60. The van der Waals surface area contributed by atoms with E-state index in [-0.39, 0.29) is 17.6 Å². The van der Waals surface area contributed by atoms with Gasteiger partial charge in [0.2, 0.25) is 0 Å². The van der Waals surface area contributed by atoms with Gasteiger partial charge in [0, 0.05) is 25.4 Å². The highest BCUT2D eigenvalue weighted by Gasteiger charge is 2.41. The molecule has 160 valence electrons. The molecule has 1 aliphatic rings. The largest absolute Gasteiger partial charge is 0.478 e. The van der Waals surface area contributed by atoms with Crippen LogP contribution in [0.5, 0.6) is 0 Å². The molecule has 0 radical (unpaired) electrons. The van der Waals surface area contributed by atoms with Crippen LogP contribution < -0.4 is 5.32 Å². The number of methoxy groups -OCH3 is 1. The first-order chi connectivity index (χ1) is 15.0. The Bertz CT molecular complexity index is 1100. The topological polar surface area (TPSA) is 87.8 Å². The number of carboxylic acid groups (broad SMARTS) is 1. The van der Waals surface area contributed by atoms with E-state index in [1.165, 1.54) is 0 Å². The van der Waals surface area contributed by atoms with E-state index in [2.05, 4.69) is 15.2 Å². The highest BCUT2D eigenvalue weighted by molar-refractivity contribution is 7.80. The second-order valence-corrected chi connectivity index (χ2v) is 7.74. The van der Waals surface area contributed by atoms with Crippen molar-refractivity contribution in [3.8, 4) is 11.3 Å². The van der Waals surface area contributed by atoms with Crippen LogP contribution in [0, 0.1) is 6.92 Å². The summed E-state index contributed by atoms with van der Waals surface area (Å²) in [6, 6.07) is 14.3. The van der Waals surface area contributed by atoms with Crippen molar-refractivity contribution >= 4 is 23.3 Å². The lowest BCUT2D eigenvalue weighted by Crippen LogP contribution is -2.32. The van der Waals surface area contributed by atoms with Crippen molar-refractivity contribution in [2.24, 2.45) is 0 Å². The standard InChI is InChI=1S/C23H23N3O4S/c1-14-13-15(22(27)28)6-7-16(14)18-8-9-19(30-18)21-20(17-5-3-4-10-24-17)25-23(31)26(21)11-12-29-2/h3-10,13,20-21H,11-12H2,1-2H3,(H,25,31)(H,27,28)/t20-,21-/m1/s1. The molecule has 7 nitrogen and oxygen atoms in total. The Labute approximate surface area is 185 Å². The third-order valence-corrected chi connectivity index (χ3v) is 5.74. The number of carbonyl (C=O) groups is 1. The Morgan fingerprint density at radius 1 is 1.29 bits per heavy atom. The predicted molar refractivity (Wildman–Crippen MR) is 120 cm³/mol. The minimum atomic E-state index is -0.952. The molecule has 0 spiro atoms. The summed E-state index contributed by atoms with van der Waals surface area (Å²) in [5, 5.41) is 13.2. The number of furan rings is 1. The monoisotopic (exact) mass is 437 g/mol. The lowest BCUT2D eigenvalue weighted by Gasteiger charge is -2.25. The van der Waals surface area contributed by atoms with E-state index in [0.717, 1.165) is 22.6 Å². The van der Waals surface area contributed by atoms with Gasteiger partial charge in [-0.05, 0) is 61.1 Å². The fraction of sp³-hybridized carbons (Fsp3) is 0.261. The van der Waals surface area contributed by atoms with Crippen LogP contribution in [0.2, 0.25) is 0 Å². The van der Waals surface area contributed by atoms with E-state index in [4.69, 9.17) is 21.4 Å². The Hall–Kier alpha value is -3.23. The minimum absolute atomic E-state index is 0.167. The molecule has 0 saturated carbocycles. The summed E-state index contributed by atoms with van der Waals surface area (Å²) < 4.78 is 11.6. The van der Waals surface area contributed by atoms with Gasteiger partial charge in [-0.3, -0.25) is 4.98 Å². The zero-order valence-corrected chi connectivity index (χ0v) is 18.1. The van der Waals surface area contributed by atoms with Crippen LogP contribution in [-0.4, -0.2) is 46.3 Å². The molecule has 0 amide bonds. The van der Waals surface area contributed by atoms with Crippen LogP contribution in [0.25, 0.3) is 11.3 Å². The molecule has 1 aliphatic heterocycles. The number of nitrogens with one attached hydrogen (secondary N) is 1. The third-order valence-electron chi connectivity index (χ3n) is 5.39. The number of aromatic nitrogens is 1. The maximum atomic E-state index is 11.2. The minimum Gasteiger partial charge on any atom is -0.478 e. The number of carboxylic acids is 1. The van der Waals surface area contributed by atoms with Crippen LogP contribution in [0.4, 0.5) is 0 Å². The lowest BCUT2D eigenvalue weighted by molar-refractivity contribution is 0.0696. The van der Waals surface area contributed by atoms with Gasteiger partial charge in [-0.2, -0.15) is 0 Å². The van der Waals surface area contributed by atoms with E-state index in [1.807, 2.05) is 37.3 Å². The summed E-state index contributed by atoms with van der Waals surface area (Å²) in [5.74, 6) is 0.469. The number of pyridine rings is 1. The first-order valence-corrected chi connectivity index (χ1v) is 10.3. The van der Waals surface area contributed by atoms with E-state index < -0.39 is 5.97 Å². The molecule has 0 unspecified atom stereocenters. The van der Waals surface area contributed by atoms with E-state index in [9.17, 15) is 9.90 Å². The predicted octanol–water partition coefficient (Wildman–Crippen LogP) is 3.97. The van der Waals surface area contributed by atoms with Gasteiger partial charge < -0.3 is 24.5 Å². The summed E-state index contributed by atoms with van der Waals surface area (Å²) in [5.41, 5.74) is 2.80. The van der Waals surface area contributed by atoms with Crippen LogP contribution in [0.3, 0.4) is 0 Å². The molecule has 2 N–H and O–H groups in total. The molecule has 3 aromatic rings. The van der Waals surface area contributed by atoms with Crippen molar-refractivity contribution in [2.75, 3.05) is 20.3 Å². The van der Waals surface area contributed by atoms with Crippen molar-refractivity contribution in [1.82, 2.24) is 15.2 Å². The normalized spacial score (nSPS) is 18.3. The van der Waals surface area contributed by atoms with Crippen molar-refractivity contribution < 1.29 is 19.1 Å². The lowest BCUT2D eigenvalue weighted by atomic mass is 10.0. The van der Waals surface area contributed by atoms with Gasteiger partial charge in [0.05, 0.1) is 23.9 Å². The van der Waals surface area contributed by atoms with E-state index >= 15 is 0 Å². The van der Waals surface area contributed by atoms with Crippen molar-refractivity contribution in [1.29, 1.82) is 0 Å². The number of hydrogen-bond donors (Lipinski definition) is 2. The zero-order chi connectivity index (χ0) is 22.0. The number of ether oxygens (including phenoxy) is 1. The average Bonchev–Trinajstić information content (AvgIpc) is 3.37. The van der Waals surface area contributed by atoms with Gasteiger partial charge in [-0.1, -0.05) is 12.1 Å². The SMILES string of the molecule is COCCN1C(=S)N[C@H](c2ccccn2)[C@H]1c1ccc(-c2ccc(C(=O)O)cc2C)o1. The number of nitrogens with zero attached hydrogens (tertiary/aromatic N) is 2. The second-order valence-electron chi connectivity index (χ2n) is 7.35. The van der Waals surface area contributed by atoms with Gasteiger partial charge >= 0.3 is 5.97 Å². The van der Waals surface area contributed by atoms with Crippen molar-refractivity contribution in [2.45, 2.75) is 19.0 Å². The molecule has 1 saturated heterocycles. The summed E-state index contributed by atoms with van der Waals surface area (Å²) in [4.78, 5) is 17.8. The van der Waals surface area contributed by atoms with Crippen molar-refractivity contribution in [3.05, 3.63) is 77.3 Å². The molecule has 4 rings (SSSR count). The Kier molecular flexibility index (Phi) is 6.01. The molecule has 2 aromatic heterocycles. The van der Waals surface area contributed by atoms with Crippen molar-refractivity contribution in [3.63, 3.8) is 0 Å². The molecule has 8 heteroatoms. The molecular weight excluding hydrogens is 414 g/mol. The summed E-state index contributed by atoms with van der Waals surface area (Å²) in [6.45, 7) is 3.01. The third kappa shape index (κ3) is 4.17. The van der Waals surface area contributed by atoms with E-state index in [0.29, 0.717) is 24.0 Å². The van der Waals surface area contributed by atoms with Crippen LogP contribution in [-0.2, 0) is 4.74 Å². The Morgan fingerprint density at radius 2 is 2.13 bits per heavy atom. The number of benzene rings is 1.